The molecule has 0 N–H and O–H groups in total. The summed E-state index contributed by atoms with van der Waals surface area (Å²) in [7, 11) is 0. The van der Waals surface area contributed by atoms with Crippen LogP contribution in [0.5, 0.6) is 0 Å². The van der Waals surface area contributed by atoms with Gasteiger partial charge >= 0.3 is 0 Å². The lowest BCUT2D eigenvalue weighted by Gasteiger charge is -2.06. The Morgan fingerprint density at radius 3 is 2.33 bits per heavy atom. The lowest BCUT2D eigenvalue weighted by molar-refractivity contribution is 0.955. The molecular formula is C18H20. The van der Waals surface area contributed by atoms with Gasteiger partial charge in [-0.25, -0.2) is 0 Å². The zero-order valence-electron chi connectivity index (χ0n) is 11.2. The minimum absolute atomic E-state index is 1.09. The second kappa shape index (κ2) is 5.68. The molecular weight excluding hydrogens is 216 g/mol. The van der Waals surface area contributed by atoms with Crippen molar-refractivity contribution in [2.45, 2.75) is 26.7 Å². The van der Waals surface area contributed by atoms with E-state index in [4.69, 9.17) is 0 Å². The fourth-order valence-electron chi connectivity index (χ4n) is 2.31. The molecule has 0 aliphatic carbocycles. The van der Waals surface area contributed by atoms with Crippen molar-refractivity contribution in [1.82, 2.24) is 0 Å². The van der Waals surface area contributed by atoms with Crippen molar-refractivity contribution in [3.63, 3.8) is 0 Å². The third-order valence-electron chi connectivity index (χ3n) is 3.18. The van der Waals surface area contributed by atoms with E-state index in [1.54, 1.807) is 0 Å². The van der Waals surface area contributed by atoms with Gasteiger partial charge in [0.05, 0.1) is 0 Å². The van der Waals surface area contributed by atoms with Gasteiger partial charge in [0.1, 0.15) is 0 Å². The van der Waals surface area contributed by atoms with Gasteiger partial charge in [-0.15, -0.1) is 0 Å². The van der Waals surface area contributed by atoms with Crippen LogP contribution in [0.4, 0.5) is 0 Å². The molecule has 2 aromatic carbocycles. The second-order valence-corrected chi connectivity index (χ2v) is 4.95. The van der Waals surface area contributed by atoms with Crippen molar-refractivity contribution < 1.29 is 0 Å². The van der Waals surface area contributed by atoms with Gasteiger partial charge in [-0.05, 0) is 43.4 Å². The van der Waals surface area contributed by atoms with Crippen LogP contribution in [-0.2, 0) is 12.8 Å². The standard InChI is InChI=1S/C18H20/c1-4-16-11-15(3)12-18(13-16)9-8-17-7-5-6-14(2)10-17/h4-7,10-13H,1,8-9H2,2-3H3. The van der Waals surface area contributed by atoms with E-state index in [-0.39, 0.29) is 0 Å². The summed E-state index contributed by atoms with van der Waals surface area (Å²) in [5, 5.41) is 0. The molecule has 92 valence electrons. The highest BCUT2D eigenvalue weighted by molar-refractivity contribution is 5.50. The first-order valence-electron chi connectivity index (χ1n) is 6.46. The maximum atomic E-state index is 3.84. The number of aryl methyl sites for hydroxylation is 4. The molecule has 0 amide bonds. The summed E-state index contributed by atoms with van der Waals surface area (Å²) < 4.78 is 0. The molecule has 0 radical (unpaired) electrons. The van der Waals surface area contributed by atoms with Gasteiger partial charge in [0.2, 0.25) is 0 Å². The Kier molecular flexibility index (Phi) is 3.99. The number of rotatable bonds is 4. The largest absolute Gasteiger partial charge is 0.0985 e. The predicted octanol–water partition coefficient (Wildman–Crippen LogP) is 4.73. The highest BCUT2D eigenvalue weighted by Crippen LogP contribution is 2.14. The average Bonchev–Trinajstić information content (AvgIpc) is 2.36. The Morgan fingerprint density at radius 2 is 1.61 bits per heavy atom. The van der Waals surface area contributed by atoms with Crippen LogP contribution in [0, 0.1) is 13.8 Å². The van der Waals surface area contributed by atoms with Crippen LogP contribution in [0.2, 0.25) is 0 Å². The molecule has 0 aromatic heterocycles. The van der Waals surface area contributed by atoms with Gasteiger partial charge in [-0.3, -0.25) is 0 Å². The maximum absolute atomic E-state index is 3.84. The monoisotopic (exact) mass is 236 g/mol. The first-order valence-corrected chi connectivity index (χ1v) is 6.46. The Balaban J connectivity index is 2.10. The summed E-state index contributed by atoms with van der Waals surface area (Å²) in [5.41, 5.74) is 6.67. The Morgan fingerprint density at radius 1 is 0.889 bits per heavy atom. The van der Waals surface area contributed by atoms with E-state index in [1.165, 1.54) is 27.8 Å². The fraction of sp³-hybridized carbons (Fsp3) is 0.222. The van der Waals surface area contributed by atoms with Crippen molar-refractivity contribution in [3.8, 4) is 0 Å². The van der Waals surface area contributed by atoms with E-state index in [0.29, 0.717) is 0 Å². The molecule has 0 aliphatic heterocycles. The van der Waals surface area contributed by atoms with E-state index in [1.807, 2.05) is 6.08 Å². The van der Waals surface area contributed by atoms with Gasteiger partial charge in [0, 0.05) is 0 Å². The van der Waals surface area contributed by atoms with Crippen LogP contribution < -0.4 is 0 Å². The SMILES string of the molecule is C=Cc1cc(C)cc(CCc2cccc(C)c2)c1. The Bertz CT molecular complexity index is 550. The van der Waals surface area contributed by atoms with Crippen LogP contribution in [-0.4, -0.2) is 0 Å². The number of hydrogen-bond donors (Lipinski definition) is 0. The number of hydrogen-bond acceptors (Lipinski definition) is 0. The smallest absolute Gasteiger partial charge is 0.0238 e. The second-order valence-electron chi connectivity index (χ2n) is 4.95. The molecule has 18 heavy (non-hydrogen) atoms. The third-order valence-corrected chi connectivity index (χ3v) is 3.18. The van der Waals surface area contributed by atoms with Crippen molar-refractivity contribution in [2.75, 3.05) is 0 Å². The van der Waals surface area contributed by atoms with Crippen LogP contribution >= 0.6 is 0 Å². The Labute approximate surface area is 110 Å². The van der Waals surface area contributed by atoms with E-state index < -0.39 is 0 Å². The van der Waals surface area contributed by atoms with E-state index >= 15 is 0 Å². The van der Waals surface area contributed by atoms with E-state index in [0.717, 1.165) is 12.8 Å². The van der Waals surface area contributed by atoms with Crippen LogP contribution in [0.25, 0.3) is 6.08 Å². The van der Waals surface area contributed by atoms with Crippen molar-refractivity contribution in [2.24, 2.45) is 0 Å². The molecule has 0 saturated heterocycles. The van der Waals surface area contributed by atoms with E-state index in [2.05, 4.69) is 62.9 Å². The molecule has 0 unspecified atom stereocenters. The molecule has 0 bridgehead atoms. The number of benzene rings is 2. The first-order chi connectivity index (χ1) is 8.67. The summed E-state index contributed by atoms with van der Waals surface area (Å²) >= 11 is 0. The summed E-state index contributed by atoms with van der Waals surface area (Å²) in [6.45, 7) is 8.13. The Hall–Kier alpha value is -1.82. The zero-order valence-corrected chi connectivity index (χ0v) is 11.2. The van der Waals surface area contributed by atoms with Gasteiger partial charge in [0.25, 0.3) is 0 Å². The first kappa shape index (κ1) is 12.6. The van der Waals surface area contributed by atoms with Crippen LogP contribution in [0.1, 0.15) is 27.8 Å². The van der Waals surface area contributed by atoms with Crippen molar-refractivity contribution in [1.29, 1.82) is 0 Å². The fourth-order valence-corrected chi connectivity index (χ4v) is 2.31. The normalized spacial score (nSPS) is 10.3. The molecule has 0 aliphatic rings. The molecule has 2 aromatic rings. The van der Waals surface area contributed by atoms with Crippen molar-refractivity contribution >= 4 is 6.08 Å². The molecule has 0 saturated carbocycles. The van der Waals surface area contributed by atoms with E-state index in [9.17, 15) is 0 Å². The van der Waals surface area contributed by atoms with Gasteiger partial charge in [0.15, 0.2) is 0 Å². The summed E-state index contributed by atoms with van der Waals surface area (Å²) in [4.78, 5) is 0. The summed E-state index contributed by atoms with van der Waals surface area (Å²) in [5.74, 6) is 0. The van der Waals surface area contributed by atoms with Crippen LogP contribution in [0.15, 0.2) is 49.0 Å². The predicted molar refractivity (Wildman–Crippen MR) is 79.9 cm³/mol. The average molecular weight is 236 g/mol. The van der Waals surface area contributed by atoms with Gasteiger partial charge in [-0.1, -0.05) is 66.2 Å². The minimum atomic E-state index is 1.09. The maximum Gasteiger partial charge on any atom is -0.0238 e. The van der Waals surface area contributed by atoms with Gasteiger partial charge < -0.3 is 0 Å². The molecule has 0 nitrogen and oxygen atoms in total. The molecule has 0 atom stereocenters. The molecule has 0 heteroatoms. The quantitative estimate of drug-likeness (QED) is 0.719. The summed E-state index contributed by atoms with van der Waals surface area (Å²) in [6.07, 6.45) is 4.11. The highest BCUT2D eigenvalue weighted by Gasteiger charge is 1.99. The zero-order chi connectivity index (χ0) is 13.0. The third kappa shape index (κ3) is 3.33. The minimum Gasteiger partial charge on any atom is -0.0985 e. The lowest BCUT2D eigenvalue weighted by Crippen LogP contribution is -1.93. The molecule has 0 heterocycles. The van der Waals surface area contributed by atoms with Crippen LogP contribution in [0.3, 0.4) is 0 Å². The molecule has 0 fully saturated rings. The molecule has 2 rings (SSSR count). The van der Waals surface area contributed by atoms with Crippen molar-refractivity contribution in [3.05, 3.63) is 76.9 Å². The topological polar surface area (TPSA) is 0 Å². The molecule has 0 spiro atoms. The van der Waals surface area contributed by atoms with Gasteiger partial charge in [-0.2, -0.15) is 0 Å². The summed E-state index contributed by atoms with van der Waals surface area (Å²) in [6, 6.07) is 15.4. The highest BCUT2D eigenvalue weighted by atomic mass is 14.0. The lowest BCUT2D eigenvalue weighted by atomic mass is 9.99.